The quantitative estimate of drug-likeness (QED) is 0.587. The molecule has 2 amide bonds. The van der Waals surface area contributed by atoms with Gasteiger partial charge in [0.2, 0.25) is 18.1 Å². The zero-order valence-corrected chi connectivity index (χ0v) is 15.6. The maximum Gasteiger partial charge on any atom is 0.243 e. The Morgan fingerprint density at radius 2 is 1.89 bits per heavy atom. The zero-order chi connectivity index (χ0) is 19.6. The number of hydrogen-bond donors (Lipinski definition) is 3. The summed E-state index contributed by atoms with van der Waals surface area (Å²) in [5.41, 5.74) is 1.56. The fraction of sp³-hybridized carbons (Fsp3) is 0.400. The number of hydrogen-bond acceptors (Lipinski definition) is 4. The Kier molecular flexibility index (Phi) is 7.73. The molecule has 1 heterocycles. The van der Waals surface area contributed by atoms with E-state index in [-0.39, 0.29) is 18.2 Å². The van der Waals surface area contributed by atoms with Crippen LogP contribution in [0.15, 0.2) is 42.9 Å². The van der Waals surface area contributed by atoms with Crippen molar-refractivity contribution in [3.05, 3.63) is 54.1 Å². The number of carbonyl (C=O) groups is 2. The summed E-state index contributed by atoms with van der Waals surface area (Å²) in [5, 5.41) is 5.44. The van der Waals surface area contributed by atoms with E-state index in [2.05, 4.69) is 20.6 Å². The summed E-state index contributed by atoms with van der Waals surface area (Å²) in [6, 6.07) is 7.82. The van der Waals surface area contributed by atoms with Crippen LogP contribution in [0.2, 0.25) is 0 Å². The highest BCUT2D eigenvalue weighted by Crippen LogP contribution is 2.06. The maximum atomic E-state index is 12.7. The van der Waals surface area contributed by atoms with Crippen LogP contribution in [0.1, 0.15) is 31.5 Å². The van der Waals surface area contributed by atoms with E-state index in [1.807, 2.05) is 50.5 Å². The molecule has 0 spiro atoms. The molecule has 2 aromatic rings. The van der Waals surface area contributed by atoms with Crippen LogP contribution in [0.25, 0.3) is 0 Å². The maximum absolute atomic E-state index is 12.7. The predicted molar refractivity (Wildman–Crippen MR) is 101 cm³/mol. The minimum atomic E-state index is -0.832. The second kappa shape index (κ2) is 10.3. The number of amides is 2. The summed E-state index contributed by atoms with van der Waals surface area (Å²) in [6.45, 7) is 3.88. The van der Waals surface area contributed by atoms with Gasteiger partial charge in [-0.05, 0) is 11.5 Å². The van der Waals surface area contributed by atoms with Gasteiger partial charge in [0.1, 0.15) is 12.1 Å². The SMILES string of the molecule is CC(C)CC(=O)N[C@@H](Cc1ccccc1)C(=O)N[C@H]([C]=O)Cc1c[nH]cn1. The smallest absolute Gasteiger partial charge is 0.243 e. The van der Waals surface area contributed by atoms with Crippen molar-refractivity contribution in [3.63, 3.8) is 0 Å². The number of H-pyrrole nitrogens is 1. The Morgan fingerprint density at radius 3 is 2.48 bits per heavy atom. The van der Waals surface area contributed by atoms with Crippen LogP contribution in [0, 0.1) is 5.92 Å². The first-order chi connectivity index (χ1) is 13.0. The van der Waals surface area contributed by atoms with Crippen molar-refractivity contribution < 1.29 is 14.4 Å². The van der Waals surface area contributed by atoms with E-state index in [4.69, 9.17) is 0 Å². The molecule has 143 valence electrons. The number of aromatic nitrogens is 2. The van der Waals surface area contributed by atoms with E-state index in [9.17, 15) is 14.4 Å². The standard InChI is InChI=1S/C20H25N4O3/c1-14(2)8-19(26)24-18(9-15-6-4-3-5-7-15)20(27)23-17(12-25)10-16-11-21-13-22-16/h3-7,11,13-14,17-18H,8-10H2,1-2H3,(H,21,22)(H,23,27)(H,24,26)/t17-,18-/m0/s1. The van der Waals surface area contributed by atoms with Crippen molar-refractivity contribution in [2.24, 2.45) is 5.92 Å². The van der Waals surface area contributed by atoms with Crippen LogP contribution < -0.4 is 10.6 Å². The van der Waals surface area contributed by atoms with E-state index in [1.165, 1.54) is 6.33 Å². The van der Waals surface area contributed by atoms with E-state index < -0.39 is 18.0 Å². The molecule has 0 bridgehead atoms. The minimum absolute atomic E-state index is 0.182. The van der Waals surface area contributed by atoms with Crippen molar-refractivity contribution >= 4 is 18.1 Å². The molecule has 0 saturated carbocycles. The highest BCUT2D eigenvalue weighted by molar-refractivity contribution is 5.89. The summed E-state index contributed by atoms with van der Waals surface area (Å²) >= 11 is 0. The molecule has 7 heteroatoms. The van der Waals surface area contributed by atoms with Gasteiger partial charge in [0, 0.05) is 25.5 Å². The highest BCUT2D eigenvalue weighted by Gasteiger charge is 2.24. The van der Waals surface area contributed by atoms with Crippen LogP contribution in [-0.4, -0.2) is 40.2 Å². The van der Waals surface area contributed by atoms with Gasteiger partial charge in [0.05, 0.1) is 12.0 Å². The van der Waals surface area contributed by atoms with E-state index in [0.29, 0.717) is 18.5 Å². The third-order valence-electron chi connectivity index (χ3n) is 3.95. The molecule has 2 atom stereocenters. The lowest BCUT2D eigenvalue weighted by Crippen LogP contribution is -2.51. The Hall–Kier alpha value is -2.96. The first-order valence-electron chi connectivity index (χ1n) is 8.97. The normalized spacial score (nSPS) is 13.0. The molecule has 2 rings (SSSR count). The van der Waals surface area contributed by atoms with Crippen LogP contribution in [-0.2, 0) is 27.2 Å². The monoisotopic (exact) mass is 369 g/mol. The first kappa shape index (κ1) is 20.4. The number of rotatable bonds is 10. The second-order valence-corrected chi connectivity index (χ2v) is 6.85. The molecule has 7 nitrogen and oxygen atoms in total. The molecule has 3 N–H and O–H groups in total. The molecule has 1 aromatic carbocycles. The van der Waals surface area contributed by atoms with Gasteiger partial charge in [-0.1, -0.05) is 44.2 Å². The van der Waals surface area contributed by atoms with Crippen molar-refractivity contribution in [1.29, 1.82) is 0 Å². The van der Waals surface area contributed by atoms with E-state index in [0.717, 1.165) is 5.56 Å². The Morgan fingerprint density at radius 1 is 1.15 bits per heavy atom. The predicted octanol–water partition coefficient (Wildman–Crippen LogP) is 1.32. The fourth-order valence-corrected chi connectivity index (χ4v) is 2.69. The third-order valence-corrected chi connectivity index (χ3v) is 3.95. The summed E-state index contributed by atoms with van der Waals surface area (Å²) in [5.74, 6) is -0.430. The third kappa shape index (κ3) is 7.05. The molecule has 1 radical (unpaired) electrons. The van der Waals surface area contributed by atoms with Gasteiger partial charge >= 0.3 is 0 Å². The molecule has 0 aliphatic rings. The molecule has 0 aliphatic carbocycles. The molecule has 0 unspecified atom stereocenters. The number of nitrogens with one attached hydrogen (secondary N) is 3. The van der Waals surface area contributed by atoms with Gasteiger partial charge in [0.25, 0.3) is 0 Å². The Labute approximate surface area is 159 Å². The summed E-state index contributed by atoms with van der Waals surface area (Å²) in [7, 11) is 0. The molecule has 0 saturated heterocycles. The lowest BCUT2D eigenvalue weighted by Gasteiger charge is -2.21. The van der Waals surface area contributed by atoms with E-state index >= 15 is 0 Å². The lowest BCUT2D eigenvalue weighted by molar-refractivity contribution is -0.129. The number of carbonyl (C=O) groups excluding carboxylic acids is 3. The molecular formula is C20H25N4O3. The van der Waals surface area contributed by atoms with Gasteiger partial charge in [-0.25, -0.2) is 4.98 Å². The van der Waals surface area contributed by atoms with Crippen LogP contribution >= 0.6 is 0 Å². The zero-order valence-electron chi connectivity index (χ0n) is 15.6. The Balaban J connectivity index is 2.06. The average molecular weight is 369 g/mol. The summed E-state index contributed by atoms with van der Waals surface area (Å²) in [6.07, 6.45) is 5.88. The molecule has 0 fully saturated rings. The minimum Gasteiger partial charge on any atom is -0.351 e. The number of imidazole rings is 1. The highest BCUT2D eigenvalue weighted by atomic mass is 16.2. The number of benzene rings is 1. The van der Waals surface area contributed by atoms with Gasteiger partial charge in [0.15, 0.2) is 0 Å². The van der Waals surface area contributed by atoms with Crippen molar-refractivity contribution in [2.45, 2.75) is 45.2 Å². The number of nitrogens with zero attached hydrogens (tertiary/aromatic N) is 1. The fourth-order valence-electron chi connectivity index (χ4n) is 2.69. The largest absolute Gasteiger partial charge is 0.351 e. The molecule has 27 heavy (non-hydrogen) atoms. The van der Waals surface area contributed by atoms with Crippen molar-refractivity contribution in [3.8, 4) is 0 Å². The van der Waals surface area contributed by atoms with Crippen molar-refractivity contribution in [2.75, 3.05) is 0 Å². The summed E-state index contributed by atoms with van der Waals surface area (Å²) in [4.78, 5) is 43.0. The second-order valence-electron chi connectivity index (χ2n) is 6.85. The van der Waals surface area contributed by atoms with Crippen molar-refractivity contribution in [1.82, 2.24) is 20.6 Å². The van der Waals surface area contributed by atoms with E-state index in [1.54, 1.807) is 6.20 Å². The first-order valence-corrected chi connectivity index (χ1v) is 8.97. The molecule has 0 aliphatic heterocycles. The van der Waals surface area contributed by atoms with Gasteiger partial charge in [-0.15, -0.1) is 0 Å². The average Bonchev–Trinajstić information content (AvgIpc) is 3.13. The Bertz CT molecular complexity index is 729. The molecule has 1 aromatic heterocycles. The van der Waals surface area contributed by atoms with Gasteiger partial charge in [-0.2, -0.15) is 0 Å². The van der Waals surface area contributed by atoms with Gasteiger partial charge < -0.3 is 15.6 Å². The van der Waals surface area contributed by atoms with Crippen LogP contribution in [0.4, 0.5) is 0 Å². The van der Waals surface area contributed by atoms with Gasteiger partial charge in [-0.3, -0.25) is 14.4 Å². The van der Waals surface area contributed by atoms with Crippen LogP contribution in [0.3, 0.4) is 0 Å². The summed E-state index contributed by atoms with van der Waals surface area (Å²) < 4.78 is 0. The lowest BCUT2D eigenvalue weighted by atomic mass is 10.0. The topological polar surface area (TPSA) is 104 Å². The number of aromatic amines is 1. The van der Waals surface area contributed by atoms with Crippen LogP contribution in [0.5, 0.6) is 0 Å². The molecular weight excluding hydrogens is 344 g/mol.